The first-order chi connectivity index (χ1) is 9.79. The summed E-state index contributed by atoms with van der Waals surface area (Å²) in [6.07, 6.45) is 20.2. The summed E-state index contributed by atoms with van der Waals surface area (Å²) in [4.78, 5) is 0. The third kappa shape index (κ3) is 10.7. The van der Waals surface area contributed by atoms with Gasteiger partial charge in [0.25, 0.3) is 0 Å². The molecule has 0 aromatic rings. The molecule has 0 bridgehead atoms. The van der Waals surface area contributed by atoms with Crippen LogP contribution in [0.25, 0.3) is 0 Å². The molecule has 0 N–H and O–H groups in total. The first-order valence-corrected chi connectivity index (χ1v) is 9.79. The van der Waals surface area contributed by atoms with Crippen molar-refractivity contribution in [1.29, 1.82) is 0 Å². The molecule has 122 valence electrons. The quantitative estimate of drug-likeness (QED) is 0.269. The molecule has 0 heteroatoms. The van der Waals surface area contributed by atoms with E-state index in [1.165, 1.54) is 89.9 Å². The maximum Gasteiger partial charge on any atom is -0.0386 e. The highest BCUT2D eigenvalue weighted by molar-refractivity contribution is 4.71. The van der Waals surface area contributed by atoms with Crippen molar-refractivity contribution in [1.82, 2.24) is 0 Å². The van der Waals surface area contributed by atoms with Crippen LogP contribution in [-0.4, -0.2) is 0 Å². The Kier molecular flexibility index (Phi) is 15.4. The standard InChI is InChI=1S/C20H42/c1-5-9-13-17-19(15-11-7-3)20(16-12-8-4)18-14-10-6-2/h19-20H,5-18H2,1-4H3. The Bertz CT molecular complexity index is 153. The predicted molar refractivity (Wildman–Crippen MR) is 94.3 cm³/mol. The Hall–Kier alpha value is 0. The van der Waals surface area contributed by atoms with Crippen molar-refractivity contribution in [2.75, 3.05) is 0 Å². The molecule has 0 amide bonds. The van der Waals surface area contributed by atoms with Crippen LogP contribution in [0.1, 0.15) is 118 Å². The van der Waals surface area contributed by atoms with Crippen LogP contribution in [0.3, 0.4) is 0 Å². The van der Waals surface area contributed by atoms with E-state index in [0.717, 1.165) is 11.8 Å². The minimum absolute atomic E-state index is 1.03. The molecule has 0 saturated carbocycles. The average molecular weight is 283 g/mol. The van der Waals surface area contributed by atoms with Gasteiger partial charge in [0.1, 0.15) is 0 Å². The van der Waals surface area contributed by atoms with E-state index >= 15 is 0 Å². The zero-order valence-corrected chi connectivity index (χ0v) is 15.1. The maximum absolute atomic E-state index is 2.35. The number of unbranched alkanes of at least 4 members (excludes halogenated alkanes) is 6. The Balaban J connectivity index is 4.32. The lowest BCUT2D eigenvalue weighted by Crippen LogP contribution is -2.16. The summed E-state index contributed by atoms with van der Waals surface area (Å²) in [6, 6.07) is 0. The van der Waals surface area contributed by atoms with Gasteiger partial charge in [-0.3, -0.25) is 0 Å². The normalized spacial score (nSPS) is 14.4. The molecule has 0 aliphatic carbocycles. The Morgan fingerprint density at radius 3 is 1.00 bits per heavy atom. The molecule has 0 nitrogen and oxygen atoms in total. The highest BCUT2D eigenvalue weighted by atomic mass is 14.3. The second-order valence-corrected chi connectivity index (χ2v) is 6.80. The van der Waals surface area contributed by atoms with Gasteiger partial charge in [0.15, 0.2) is 0 Å². The van der Waals surface area contributed by atoms with Crippen LogP contribution in [0.5, 0.6) is 0 Å². The monoisotopic (exact) mass is 282 g/mol. The van der Waals surface area contributed by atoms with Crippen LogP contribution in [0, 0.1) is 11.8 Å². The molecule has 0 saturated heterocycles. The molecule has 0 aromatic carbocycles. The molecule has 0 heterocycles. The van der Waals surface area contributed by atoms with Gasteiger partial charge in [-0.05, 0) is 11.8 Å². The summed E-state index contributed by atoms with van der Waals surface area (Å²) in [5, 5.41) is 0. The zero-order valence-electron chi connectivity index (χ0n) is 15.1. The third-order valence-corrected chi connectivity index (χ3v) is 4.88. The van der Waals surface area contributed by atoms with Crippen LogP contribution >= 0.6 is 0 Å². The molecule has 2 unspecified atom stereocenters. The molecule has 0 aliphatic heterocycles. The molecule has 2 atom stereocenters. The van der Waals surface area contributed by atoms with Crippen molar-refractivity contribution in [3.05, 3.63) is 0 Å². The van der Waals surface area contributed by atoms with Gasteiger partial charge in [-0.25, -0.2) is 0 Å². The van der Waals surface area contributed by atoms with Crippen molar-refractivity contribution in [3.8, 4) is 0 Å². The van der Waals surface area contributed by atoms with Crippen molar-refractivity contribution in [2.45, 2.75) is 118 Å². The molecule has 0 fully saturated rings. The van der Waals surface area contributed by atoms with E-state index < -0.39 is 0 Å². The topological polar surface area (TPSA) is 0 Å². The lowest BCUT2D eigenvalue weighted by molar-refractivity contribution is 0.240. The van der Waals surface area contributed by atoms with Gasteiger partial charge >= 0.3 is 0 Å². The average Bonchev–Trinajstić information content (AvgIpc) is 2.47. The molecule has 0 aromatic heterocycles. The Morgan fingerprint density at radius 1 is 0.400 bits per heavy atom. The summed E-state index contributed by atoms with van der Waals surface area (Å²) >= 11 is 0. The second-order valence-electron chi connectivity index (χ2n) is 6.80. The fourth-order valence-electron chi connectivity index (χ4n) is 3.48. The fraction of sp³-hybridized carbons (Fsp3) is 1.00. The van der Waals surface area contributed by atoms with E-state index in [9.17, 15) is 0 Å². The summed E-state index contributed by atoms with van der Waals surface area (Å²) in [6.45, 7) is 9.36. The summed E-state index contributed by atoms with van der Waals surface area (Å²) in [7, 11) is 0. The first kappa shape index (κ1) is 20.0. The van der Waals surface area contributed by atoms with Gasteiger partial charge < -0.3 is 0 Å². The van der Waals surface area contributed by atoms with Gasteiger partial charge in [0.2, 0.25) is 0 Å². The van der Waals surface area contributed by atoms with Crippen molar-refractivity contribution < 1.29 is 0 Å². The fourth-order valence-corrected chi connectivity index (χ4v) is 3.48. The van der Waals surface area contributed by atoms with Crippen LogP contribution in [0.2, 0.25) is 0 Å². The van der Waals surface area contributed by atoms with Gasteiger partial charge in [-0.2, -0.15) is 0 Å². The summed E-state index contributed by atoms with van der Waals surface area (Å²) in [5.41, 5.74) is 0. The van der Waals surface area contributed by atoms with E-state index in [-0.39, 0.29) is 0 Å². The molecular formula is C20H42. The van der Waals surface area contributed by atoms with Crippen LogP contribution in [0.15, 0.2) is 0 Å². The number of rotatable bonds is 15. The SMILES string of the molecule is CCCCCC(CCCC)C(CCCC)CCCCC. The number of hydrogen-bond donors (Lipinski definition) is 0. The van der Waals surface area contributed by atoms with E-state index in [2.05, 4.69) is 27.7 Å². The Morgan fingerprint density at radius 2 is 0.700 bits per heavy atom. The first-order valence-electron chi connectivity index (χ1n) is 9.79. The largest absolute Gasteiger partial charge is 0.0654 e. The van der Waals surface area contributed by atoms with Crippen molar-refractivity contribution in [2.24, 2.45) is 11.8 Å². The third-order valence-electron chi connectivity index (χ3n) is 4.88. The maximum atomic E-state index is 2.35. The van der Waals surface area contributed by atoms with Crippen LogP contribution in [-0.2, 0) is 0 Å². The lowest BCUT2D eigenvalue weighted by Gasteiger charge is -2.28. The molecular weight excluding hydrogens is 240 g/mol. The Labute approximate surface area is 130 Å². The number of hydrogen-bond acceptors (Lipinski definition) is 0. The molecule has 0 rings (SSSR count). The van der Waals surface area contributed by atoms with Gasteiger partial charge in [-0.1, -0.05) is 118 Å². The van der Waals surface area contributed by atoms with Gasteiger partial charge in [0, 0.05) is 0 Å². The second kappa shape index (κ2) is 15.4. The summed E-state index contributed by atoms with van der Waals surface area (Å²) in [5.74, 6) is 2.06. The van der Waals surface area contributed by atoms with Crippen molar-refractivity contribution in [3.63, 3.8) is 0 Å². The minimum Gasteiger partial charge on any atom is -0.0654 e. The van der Waals surface area contributed by atoms with Gasteiger partial charge in [0.05, 0.1) is 0 Å². The minimum atomic E-state index is 1.03. The van der Waals surface area contributed by atoms with Gasteiger partial charge in [-0.15, -0.1) is 0 Å². The van der Waals surface area contributed by atoms with Crippen molar-refractivity contribution >= 4 is 0 Å². The highest BCUT2D eigenvalue weighted by Gasteiger charge is 2.19. The van der Waals surface area contributed by atoms with Crippen LogP contribution in [0.4, 0.5) is 0 Å². The van der Waals surface area contributed by atoms with E-state index in [4.69, 9.17) is 0 Å². The summed E-state index contributed by atoms with van der Waals surface area (Å²) < 4.78 is 0. The smallest absolute Gasteiger partial charge is 0.0386 e. The molecule has 0 aliphatic rings. The van der Waals surface area contributed by atoms with E-state index in [1.54, 1.807) is 0 Å². The predicted octanol–water partition coefficient (Wildman–Crippen LogP) is 7.76. The molecule has 0 radical (unpaired) electrons. The lowest BCUT2D eigenvalue weighted by atomic mass is 9.78. The molecule has 0 spiro atoms. The molecule has 20 heavy (non-hydrogen) atoms. The van der Waals surface area contributed by atoms with Crippen LogP contribution < -0.4 is 0 Å². The van der Waals surface area contributed by atoms with E-state index in [0.29, 0.717) is 0 Å². The highest BCUT2D eigenvalue weighted by Crippen LogP contribution is 2.32. The van der Waals surface area contributed by atoms with E-state index in [1.807, 2.05) is 0 Å². The zero-order chi connectivity index (χ0) is 15.1.